The van der Waals surface area contributed by atoms with Gasteiger partial charge in [0.05, 0.1) is 22.5 Å². The minimum absolute atomic E-state index is 0.146. The van der Waals surface area contributed by atoms with E-state index in [0.717, 1.165) is 6.07 Å². The fraction of sp³-hybridized carbons (Fsp3) is 0.188. The number of alkyl halides is 3. The number of anilines is 2. The number of ether oxygens (including phenoxy) is 2. The van der Waals surface area contributed by atoms with Crippen LogP contribution in [0.25, 0.3) is 0 Å². The second-order valence-electron chi connectivity index (χ2n) is 4.85. The number of benzene rings is 2. The molecule has 0 spiro atoms. The van der Waals surface area contributed by atoms with E-state index in [9.17, 15) is 18.0 Å². The molecule has 0 aliphatic carbocycles. The maximum absolute atomic E-state index is 13.3. The van der Waals surface area contributed by atoms with Crippen LogP contribution in [0, 0.1) is 0 Å². The number of hydrogen-bond donors (Lipinski definition) is 0. The molecule has 1 heterocycles. The van der Waals surface area contributed by atoms with Crippen LogP contribution < -0.4 is 4.90 Å². The SMILES string of the molecule is COC1OC(=O)c2ccccc2N1c1ccccc1C(F)(F)F. The number of carbonyl (C=O) groups excluding carboxylic acids is 1. The largest absolute Gasteiger partial charge is 0.418 e. The standard InChI is InChI=1S/C16H12F3NO3/c1-22-15-20(12-8-4-2-6-10(12)14(21)23-15)13-9-5-3-7-11(13)16(17,18)19/h2-9,15H,1H3. The Kier molecular flexibility index (Phi) is 3.73. The van der Waals surface area contributed by atoms with Crippen LogP contribution >= 0.6 is 0 Å². The maximum atomic E-state index is 13.3. The van der Waals surface area contributed by atoms with Gasteiger partial charge in [0.25, 0.3) is 6.41 Å². The average Bonchev–Trinajstić information content (AvgIpc) is 2.54. The Bertz CT molecular complexity index is 745. The molecule has 0 saturated heterocycles. The van der Waals surface area contributed by atoms with Gasteiger partial charge in [-0.1, -0.05) is 24.3 Å². The highest BCUT2D eigenvalue weighted by Gasteiger charge is 2.40. The molecule has 4 nitrogen and oxygen atoms in total. The van der Waals surface area contributed by atoms with Crippen LogP contribution in [0.2, 0.25) is 0 Å². The Balaban J connectivity index is 2.22. The first kappa shape index (κ1) is 15.4. The van der Waals surface area contributed by atoms with Gasteiger partial charge in [0.15, 0.2) is 0 Å². The second-order valence-corrected chi connectivity index (χ2v) is 4.85. The van der Waals surface area contributed by atoms with Gasteiger partial charge in [0.1, 0.15) is 0 Å². The van der Waals surface area contributed by atoms with Crippen molar-refractivity contribution in [3.05, 3.63) is 59.7 Å². The second kappa shape index (κ2) is 5.58. The number of methoxy groups -OCH3 is 1. The summed E-state index contributed by atoms with van der Waals surface area (Å²) in [5, 5.41) is 0. The molecule has 0 aromatic heterocycles. The van der Waals surface area contributed by atoms with Crippen molar-refractivity contribution in [1.29, 1.82) is 0 Å². The fourth-order valence-corrected chi connectivity index (χ4v) is 2.50. The van der Waals surface area contributed by atoms with E-state index in [4.69, 9.17) is 9.47 Å². The zero-order valence-corrected chi connectivity index (χ0v) is 12.0. The molecular formula is C16H12F3NO3. The lowest BCUT2D eigenvalue weighted by atomic mass is 10.1. The van der Waals surface area contributed by atoms with Gasteiger partial charge in [-0.05, 0) is 24.3 Å². The van der Waals surface area contributed by atoms with Gasteiger partial charge < -0.3 is 9.47 Å². The highest BCUT2D eigenvalue weighted by molar-refractivity contribution is 5.99. The van der Waals surface area contributed by atoms with Gasteiger partial charge >= 0.3 is 12.1 Å². The monoisotopic (exact) mass is 323 g/mol. The summed E-state index contributed by atoms with van der Waals surface area (Å²) in [6, 6.07) is 11.4. The molecule has 1 aliphatic rings. The van der Waals surface area contributed by atoms with Crippen LogP contribution in [0.1, 0.15) is 15.9 Å². The first-order valence-electron chi connectivity index (χ1n) is 6.71. The maximum Gasteiger partial charge on any atom is 0.418 e. The van der Waals surface area contributed by atoms with E-state index in [1.807, 2.05) is 0 Å². The minimum atomic E-state index is -4.55. The van der Waals surface area contributed by atoms with E-state index in [0.29, 0.717) is 5.69 Å². The molecule has 7 heteroatoms. The van der Waals surface area contributed by atoms with Crippen LogP contribution in [-0.4, -0.2) is 19.5 Å². The van der Waals surface area contributed by atoms with E-state index in [1.54, 1.807) is 18.2 Å². The van der Waals surface area contributed by atoms with Crippen LogP contribution in [-0.2, 0) is 15.7 Å². The lowest BCUT2D eigenvalue weighted by Gasteiger charge is -2.37. The lowest BCUT2D eigenvalue weighted by molar-refractivity contribution is -0.137. The summed E-state index contributed by atoms with van der Waals surface area (Å²) in [6.45, 7) is 0. The molecule has 0 radical (unpaired) electrons. The Morgan fingerprint density at radius 2 is 1.65 bits per heavy atom. The van der Waals surface area contributed by atoms with Crippen LogP contribution in [0.15, 0.2) is 48.5 Å². The number of rotatable bonds is 2. The molecule has 0 bridgehead atoms. The van der Waals surface area contributed by atoms with Crippen molar-refractivity contribution in [1.82, 2.24) is 0 Å². The van der Waals surface area contributed by atoms with Crippen LogP contribution in [0.5, 0.6) is 0 Å². The molecule has 0 N–H and O–H groups in total. The summed E-state index contributed by atoms with van der Waals surface area (Å²) >= 11 is 0. The molecule has 2 aromatic carbocycles. The minimum Gasteiger partial charge on any atom is -0.412 e. The average molecular weight is 323 g/mol. The van der Waals surface area contributed by atoms with E-state index in [-0.39, 0.29) is 11.3 Å². The summed E-state index contributed by atoms with van der Waals surface area (Å²) in [5.41, 5.74) is -0.508. The van der Waals surface area contributed by atoms with Gasteiger partial charge in [-0.2, -0.15) is 13.2 Å². The molecule has 0 fully saturated rings. The highest BCUT2D eigenvalue weighted by atomic mass is 19.4. The molecule has 1 atom stereocenters. The van der Waals surface area contributed by atoms with Crippen LogP contribution in [0.4, 0.5) is 24.5 Å². The summed E-state index contributed by atoms with van der Waals surface area (Å²) in [7, 11) is 1.26. The molecule has 23 heavy (non-hydrogen) atoms. The fourth-order valence-electron chi connectivity index (χ4n) is 2.50. The van der Waals surface area contributed by atoms with Crippen molar-refractivity contribution in [2.24, 2.45) is 0 Å². The zero-order chi connectivity index (χ0) is 16.6. The number of fused-ring (bicyclic) bond motifs is 1. The number of halogens is 3. The van der Waals surface area contributed by atoms with Gasteiger partial charge in [-0.3, -0.25) is 4.90 Å². The van der Waals surface area contributed by atoms with Gasteiger partial charge in [-0.25, -0.2) is 4.79 Å². The molecule has 1 unspecified atom stereocenters. The Morgan fingerprint density at radius 3 is 2.30 bits per heavy atom. The molecule has 1 aliphatic heterocycles. The van der Waals surface area contributed by atoms with Crippen molar-refractivity contribution in [2.75, 3.05) is 12.0 Å². The summed E-state index contributed by atoms with van der Waals surface area (Å²) in [5.74, 6) is -0.645. The highest BCUT2D eigenvalue weighted by Crippen LogP contribution is 2.42. The third-order valence-electron chi connectivity index (χ3n) is 3.47. The van der Waals surface area contributed by atoms with Crippen molar-refractivity contribution in [3.63, 3.8) is 0 Å². The van der Waals surface area contributed by atoms with E-state index in [2.05, 4.69) is 0 Å². The molecule has 120 valence electrons. The number of para-hydroxylation sites is 2. The molecule has 2 aromatic rings. The van der Waals surface area contributed by atoms with Gasteiger partial charge in [0, 0.05) is 7.11 Å². The molecule has 0 saturated carbocycles. The third kappa shape index (κ3) is 2.63. The summed E-state index contributed by atoms with van der Waals surface area (Å²) in [4.78, 5) is 13.2. The number of hydrogen-bond acceptors (Lipinski definition) is 4. The number of cyclic esters (lactones) is 1. The van der Waals surface area contributed by atoms with E-state index < -0.39 is 24.1 Å². The number of nitrogens with zero attached hydrogens (tertiary/aromatic N) is 1. The van der Waals surface area contributed by atoms with Gasteiger partial charge in [0.2, 0.25) is 0 Å². The molecule has 0 amide bonds. The summed E-state index contributed by atoms with van der Waals surface area (Å²) < 4.78 is 50.1. The van der Waals surface area contributed by atoms with Crippen molar-refractivity contribution >= 4 is 17.3 Å². The Morgan fingerprint density at radius 1 is 1.04 bits per heavy atom. The quantitative estimate of drug-likeness (QED) is 0.785. The molecular weight excluding hydrogens is 311 g/mol. The number of esters is 1. The topological polar surface area (TPSA) is 38.8 Å². The third-order valence-corrected chi connectivity index (χ3v) is 3.47. The molecule has 3 rings (SSSR count). The normalized spacial score (nSPS) is 17.7. The Hall–Kier alpha value is -2.54. The lowest BCUT2D eigenvalue weighted by Crippen LogP contribution is -2.42. The van der Waals surface area contributed by atoms with E-state index >= 15 is 0 Å². The number of carbonyl (C=O) groups is 1. The zero-order valence-electron chi connectivity index (χ0n) is 12.0. The van der Waals surface area contributed by atoms with Crippen molar-refractivity contribution in [2.45, 2.75) is 12.6 Å². The first-order chi connectivity index (χ1) is 10.9. The predicted octanol–water partition coefficient (Wildman–Crippen LogP) is 3.94. The van der Waals surface area contributed by atoms with Crippen LogP contribution in [0.3, 0.4) is 0 Å². The Labute approximate surface area is 130 Å². The summed E-state index contributed by atoms with van der Waals surface area (Å²) in [6.07, 6.45) is -5.83. The van der Waals surface area contributed by atoms with Crippen molar-refractivity contribution < 1.29 is 27.4 Å². The van der Waals surface area contributed by atoms with E-state index in [1.165, 1.54) is 36.3 Å². The predicted molar refractivity (Wildman–Crippen MR) is 76.2 cm³/mol. The van der Waals surface area contributed by atoms with Gasteiger partial charge in [-0.15, -0.1) is 0 Å². The smallest absolute Gasteiger partial charge is 0.412 e. The first-order valence-corrected chi connectivity index (χ1v) is 6.71. The van der Waals surface area contributed by atoms with Crippen molar-refractivity contribution in [3.8, 4) is 0 Å².